The molecule has 0 amide bonds. The van der Waals surface area contributed by atoms with Crippen LogP contribution >= 0.6 is 0 Å². The van der Waals surface area contributed by atoms with E-state index in [1.54, 1.807) is 0 Å². The lowest BCUT2D eigenvalue weighted by atomic mass is 10.0. The number of allylic oxidation sites excluding steroid dienone is 2. The molecular weight excluding hydrogens is 204 g/mol. The molecule has 0 spiro atoms. The third-order valence-corrected chi connectivity index (χ3v) is 2.25. The van der Waals surface area contributed by atoms with Gasteiger partial charge in [0.15, 0.2) is 0 Å². The lowest BCUT2D eigenvalue weighted by molar-refractivity contribution is -0.131. The predicted octanol–water partition coefficient (Wildman–Crippen LogP) is 3.37. The maximum Gasteiger partial charge on any atom is 0.331 e. The Hall–Kier alpha value is -1.25. The fraction of sp³-hybridized carbons (Fsp3) is 0.615. The molecule has 0 aliphatic heterocycles. The molecule has 0 fully saturated rings. The van der Waals surface area contributed by atoms with Crippen LogP contribution in [0.4, 0.5) is 0 Å². The van der Waals surface area contributed by atoms with Crippen LogP contribution in [0.2, 0.25) is 0 Å². The van der Waals surface area contributed by atoms with Gasteiger partial charge < -0.3 is 9.84 Å². The summed E-state index contributed by atoms with van der Waals surface area (Å²) in [6.07, 6.45) is 7.70. The first-order valence-electron chi connectivity index (χ1n) is 5.66. The summed E-state index contributed by atoms with van der Waals surface area (Å²) in [6, 6.07) is 0. The first kappa shape index (κ1) is 14.8. The molecule has 1 atom stereocenters. The Morgan fingerprint density at radius 1 is 1.38 bits per heavy atom. The van der Waals surface area contributed by atoms with E-state index in [0.29, 0.717) is 12.5 Å². The van der Waals surface area contributed by atoms with Crippen molar-refractivity contribution in [2.24, 2.45) is 5.92 Å². The van der Waals surface area contributed by atoms with Crippen molar-refractivity contribution in [2.75, 3.05) is 6.61 Å². The highest BCUT2D eigenvalue weighted by Gasteiger charge is 2.00. The molecule has 0 aromatic carbocycles. The summed E-state index contributed by atoms with van der Waals surface area (Å²) < 4.78 is 5.07. The van der Waals surface area contributed by atoms with Crippen molar-refractivity contribution in [3.8, 4) is 0 Å². The Labute approximate surface area is 97.8 Å². The Kier molecular flexibility index (Phi) is 8.31. The monoisotopic (exact) mass is 226 g/mol. The standard InChI is InChI=1S/C13H22O3/c1-11(2)5-4-6-12(3)7-9-16-10-8-13(14)15/h5,8,10,12H,4,6-7,9H2,1-3H3,(H,14,15)/b10-8+. The molecule has 1 unspecified atom stereocenters. The number of carbonyl (C=O) groups is 1. The largest absolute Gasteiger partial charge is 0.501 e. The lowest BCUT2D eigenvalue weighted by Gasteiger charge is -2.09. The van der Waals surface area contributed by atoms with Gasteiger partial charge in [0.05, 0.1) is 18.9 Å². The minimum Gasteiger partial charge on any atom is -0.501 e. The molecule has 0 bridgehead atoms. The van der Waals surface area contributed by atoms with Gasteiger partial charge in [-0.3, -0.25) is 0 Å². The molecule has 0 heterocycles. The fourth-order valence-electron chi connectivity index (χ4n) is 1.24. The second-order valence-corrected chi connectivity index (χ2v) is 4.26. The van der Waals surface area contributed by atoms with Crippen LogP contribution in [-0.4, -0.2) is 17.7 Å². The Balaban J connectivity index is 3.47. The lowest BCUT2D eigenvalue weighted by Crippen LogP contribution is -1.99. The van der Waals surface area contributed by atoms with E-state index in [1.807, 2.05) is 0 Å². The zero-order valence-electron chi connectivity index (χ0n) is 10.4. The van der Waals surface area contributed by atoms with Crippen molar-refractivity contribution in [3.63, 3.8) is 0 Å². The highest BCUT2D eigenvalue weighted by molar-refractivity contribution is 5.79. The number of hydrogen-bond donors (Lipinski definition) is 1. The molecule has 16 heavy (non-hydrogen) atoms. The molecule has 0 aliphatic rings. The van der Waals surface area contributed by atoms with E-state index in [-0.39, 0.29) is 0 Å². The number of ether oxygens (including phenoxy) is 1. The predicted molar refractivity (Wildman–Crippen MR) is 65.2 cm³/mol. The molecule has 0 aromatic heterocycles. The van der Waals surface area contributed by atoms with Crippen LogP contribution in [0.3, 0.4) is 0 Å². The van der Waals surface area contributed by atoms with Crippen molar-refractivity contribution in [1.29, 1.82) is 0 Å². The minimum absolute atomic E-state index is 0.583. The van der Waals surface area contributed by atoms with E-state index in [0.717, 1.165) is 25.3 Å². The maximum absolute atomic E-state index is 10.1. The first-order chi connectivity index (χ1) is 7.52. The fourth-order valence-corrected chi connectivity index (χ4v) is 1.24. The van der Waals surface area contributed by atoms with Crippen molar-refractivity contribution >= 4 is 5.97 Å². The van der Waals surface area contributed by atoms with Gasteiger partial charge in [0.2, 0.25) is 0 Å². The number of hydrogen-bond acceptors (Lipinski definition) is 2. The molecular formula is C13H22O3. The zero-order chi connectivity index (χ0) is 12.4. The van der Waals surface area contributed by atoms with Crippen molar-refractivity contribution in [1.82, 2.24) is 0 Å². The van der Waals surface area contributed by atoms with Crippen molar-refractivity contribution in [3.05, 3.63) is 24.0 Å². The number of aliphatic carboxylic acids is 1. The molecule has 92 valence electrons. The number of carboxylic acids is 1. The van der Waals surface area contributed by atoms with Crippen LogP contribution in [0, 0.1) is 5.92 Å². The van der Waals surface area contributed by atoms with Crippen LogP contribution in [0.5, 0.6) is 0 Å². The van der Waals surface area contributed by atoms with Gasteiger partial charge in [-0.1, -0.05) is 18.6 Å². The summed E-state index contributed by atoms with van der Waals surface area (Å²) in [6.45, 7) is 6.97. The normalized spacial score (nSPS) is 12.4. The van der Waals surface area contributed by atoms with E-state index < -0.39 is 5.97 Å². The molecule has 0 rings (SSSR count). The van der Waals surface area contributed by atoms with Gasteiger partial charge >= 0.3 is 5.97 Å². The van der Waals surface area contributed by atoms with Crippen LogP contribution in [0.1, 0.15) is 40.0 Å². The first-order valence-corrected chi connectivity index (χ1v) is 5.66. The highest BCUT2D eigenvalue weighted by atomic mass is 16.5. The Morgan fingerprint density at radius 3 is 2.62 bits per heavy atom. The summed E-state index contributed by atoms with van der Waals surface area (Å²) in [5, 5.41) is 8.32. The molecule has 0 radical (unpaired) electrons. The number of rotatable bonds is 8. The smallest absolute Gasteiger partial charge is 0.331 e. The highest BCUT2D eigenvalue weighted by Crippen LogP contribution is 2.11. The molecule has 0 aliphatic carbocycles. The van der Waals surface area contributed by atoms with E-state index in [1.165, 1.54) is 11.8 Å². The molecule has 3 heteroatoms. The Morgan fingerprint density at radius 2 is 2.06 bits per heavy atom. The van der Waals surface area contributed by atoms with E-state index in [9.17, 15) is 4.79 Å². The van der Waals surface area contributed by atoms with Gasteiger partial charge in [-0.25, -0.2) is 4.79 Å². The van der Waals surface area contributed by atoms with Crippen LogP contribution in [0.25, 0.3) is 0 Å². The maximum atomic E-state index is 10.1. The zero-order valence-corrected chi connectivity index (χ0v) is 10.4. The van der Waals surface area contributed by atoms with Crippen molar-refractivity contribution in [2.45, 2.75) is 40.0 Å². The van der Waals surface area contributed by atoms with Crippen LogP contribution in [0.15, 0.2) is 24.0 Å². The minimum atomic E-state index is -0.975. The molecule has 1 N–H and O–H groups in total. The topological polar surface area (TPSA) is 46.5 Å². The summed E-state index contributed by atoms with van der Waals surface area (Å²) in [5.41, 5.74) is 1.35. The quantitative estimate of drug-likeness (QED) is 0.299. The van der Waals surface area contributed by atoms with Crippen molar-refractivity contribution < 1.29 is 14.6 Å². The van der Waals surface area contributed by atoms with E-state index in [2.05, 4.69) is 26.8 Å². The number of carboxylic acid groups (broad SMARTS) is 1. The third kappa shape index (κ3) is 10.8. The molecule has 0 saturated carbocycles. The van der Waals surface area contributed by atoms with E-state index in [4.69, 9.17) is 9.84 Å². The average Bonchev–Trinajstić information content (AvgIpc) is 2.16. The SMILES string of the molecule is CC(C)=CCCC(C)CCO/C=C/C(=O)O. The summed E-state index contributed by atoms with van der Waals surface area (Å²) in [4.78, 5) is 10.1. The van der Waals surface area contributed by atoms with E-state index >= 15 is 0 Å². The second kappa shape index (κ2) is 9.01. The molecule has 0 saturated heterocycles. The van der Waals surface area contributed by atoms with Gasteiger partial charge in [-0.05, 0) is 39.0 Å². The van der Waals surface area contributed by atoms with Gasteiger partial charge in [0.25, 0.3) is 0 Å². The average molecular weight is 226 g/mol. The summed E-state index contributed by atoms with van der Waals surface area (Å²) in [7, 11) is 0. The third-order valence-electron chi connectivity index (χ3n) is 2.25. The van der Waals surface area contributed by atoms with Gasteiger partial charge in [-0.15, -0.1) is 0 Å². The van der Waals surface area contributed by atoms with Gasteiger partial charge in [-0.2, -0.15) is 0 Å². The summed E-state index contributed by atoms with van der Waals surface area (Å²) in [5.74, 6) is -0.370. The Bertz CT molecular complexity index is 250. The molecule has 3 nitrogen and oxygen atoms in total. The van der Waals surface area contributed by atoms with Gasteiger partial charge in [0, 0.05) is 0 Å². The van der Waals surface area contributed by atoms with Crippen LogP contribution < -0.4 is 0 Å². The summed E-state index contributed by atoms with van der Waals surface area (Å²) >= 11 is 0. The van der Waals surface area contributed by atoms with Crippen LogP contribution in [-0.2, 0) is 9.53 Å². The van der Waals surface area contributed by atoms with Gasteiger partial charge in [0.1, 0.15) is 0 Å². The molecule has 0 aromatic rings. The second-order valence-electron chi connectivity index (χ2n) is 4.26.